The van der Waals surface area contributed by atoms with E-state index in [4.69, 9.17) is 0 Å². The molecule has 2 heterocycles. The molecule has 132 valence electrons. The SMILES string of the molecule is O=C(c1cccnc1)N1CCN(S(=O)(=O)Cc2ccc(F)cc2)CC1. The van der Waals surface area contributed by atoms with Gasteiger partial charge in [-0.2, -0.15) is 4.31 Å². The number of carbonyl (C=O) groups is 1. The van der Waals surface area contributed by atoms with Gasteiger partial charge in [0.1, 0.15) is 5.82 Å². The normalized spacial score (nSPS) is 16.0. The number of nitrogens with zero attached hydrogens (tertiary/aromatic N) is 3. The molecule has 1 saturated heterocycles. The summed E-state index contributed by atoms with van der Waals surface area (Å²) in [4.78, 5) is 17.9. The molecule has 8 heteroatoms. The smallest absolute Gasteiger partial charge is 0.255 e. The molecule has 0 spiro atoms. The molecule has 0 atom stereocenters. The summed E-state index contributed by atoms with van der Waals surface area (Å²) in [5, 5.41) is 0. The maximum atomic E-state index is 12.9. The molecule has 1 aromatic carbocycles. The van der Waals surface area contributed by atoms with E-state index in [-0.39, 0.29) is 24.7 Å². The zero-order valence-corrected chi connectivity index (χ0v) is 14.3. The first-order valence-corrected chi connectivity index (χ1v) is 9.48. The Morgan fingerprint density at radius 2 is 1.76 bits per heavy atom. The summed E-state index contributed by atoms with van der Waals surface area (Å²) in [5.74, 6) is -0.725. The highest BCUT2D eigenvalue weighted by atomic mass is 32.2. The van der Waals surface area contributed by atoms with Gasteiger partial charge in [-0.25, -0.2) is 12.8 Å². The largest absolute Gasteiger partial charge is 0.336 e. The number of sulfonamides is 1. The van der Waals surface area contributed by atoms with Crippen molar-refractivity contribution < 1.29 is 17.6 Å². The number of benzene rings is 1. The van der Waals surface area contributed by atoms with E-state index in [1.807, 2.05) is 0 Å². The van der Waals surface area contributed by atoms with Crippen molar-refractivity contribution in [2.45, 2.75) is 5.75 Å². The standard InChI is InChI=1S/C17H18FN3O3S/c18-16-5-3-14(4-6-16)13-25(23,24)21-10-8-20(9-11-21)17(22)15-2-1-7-19-12-15/h1-7,12H,8-11,13H2. The molecule has 0 N–H and O–H groups in total. The minimum Gasteiger partial charge on any atom is -0.336 e. The summed E-state index contributed by atoms with van der Waals surface area (Å²) in [6, 6.07) is 8.80. The van der Waals surface area contributed by atoms with Gasteiger partial charge in [0.25, 0.3) is 5.91 Å². The Labute approximate surface area is 145 Å². The first-order chi connectivity index (χ1) is 12.0. The van der Waals surface area contributed by atoms with Crippen molar-refractivity contribution in [1.82, 2.24) is 14.2 Å². The third-order valence-corrected chi connectivity index (χ3v) is 5.94. The highest BCUT2D eigenvalue weighted by molar-refractivity contribution is 7.88. The summed E-state index contributed by atoms with van der Waals surface area (Å²) in [5.41, 5.74) is 1.03. The monoisotopic (exact) mass is 363 g/mol. The number of pyridine rings is 1. The van der Waals surface area contributed by atoms with Gasteiger partial charge in [0.05, 0.1) is 11.3 Å². The number of rotatable bonds is 4. The van der Waals surface area contributed by atoms with Crippen LogP contribution in [-0.2, 0) is 15.8 Å². The molecule has 0 aliphatic carbocycles. The van der Waals surface area contributed by atoms with Gasteiger partial charge in [0, 0.05) is 38.6 Å². The highest BCUT2D eigenvalue weighted by Gasteiger charge is 2.29. The fraction of sp³-hybridized carbons (Fsp3) is 0.294. The van der Waals surface area contributed by atoms with Crippen LogP contribution >= 0.6 is 0 Å². The second-order valence-electron chi connectivity index (χ2n) is 5.82. The lowest BCUT2D eigenvalue weighted by Crippen LogP contribution is -2.50. The molecule has 1 amide bonds. The third kappa shape index (κ3) is 4.21. The second kappa shape index (κ2) is 7.28. The molecule has 1 aliphatic heterocycles. The quantitative estimate of drug-likeness (QED) is 0.826. The van der Waals surface area contributed by atoms with Gasteiger partial charge in [0.2, 0.25) is 10.0 Å². The van der Waals surface area contributed by atoms with Crippen molar-refractivity contribution >= 4 is 15.9 Å². The van der Waals surface area contributed by atoms with E-state index in [9.17, 15) is 17.6 Å². The van der Waals surface area contributed by atoms with Crippen LogP contribution in [0.4, 0.5) is 4.39 Å². The molecule has 0 saturated carbocycles. The minimum absolute atomic E-state index is 0.149. The number of aromatic nitrogens is 1. The molecule has 6 nitrogen and oxygen atoms in total. The average Bonchev–Trinajstić information content (AvgIpc) is 2.64. The lowest BCUT2D eigenvalue weighted by molar-refractivity contribution is 0.0697. The van der Waals surface area contributed by atoms with Crippen molar-refractivity contribution in [2.75, 3.05) is 26.2 Å². The zero-order valence-electron chi connectivity index (χ0n) is 13.5. The summed E-state index contributed by atoms with van der Waals surface area (Å²) in [7, 11) is -3.50. The van der Waals surface area contributed by atoms with E-state index in [0.29, 0.717) is 24.2 Å². The first kappa shape index (κ1) is 17.5. The van der Waals surface area contributed by atoms with E-state index >= 15 is 0 Å². The first-order valence-electron chi connectivity index (χ1n) is 7.87. The molecule has 25 heavy (non-hydrogen) atoms. The van der Waals surface area contributed by atoms with Crippen LogP contribution in [0.1, 0.15) is 15.9 Å². The topological polar surface area (TPSA) is 70.6 Å². The maximum absolute atomic E-state index is 12.9. The van der Waals surface area contributed by atoms with Crippen LogP contribution in [0, 0.1) is 5.82 Å². The number of hydrogen-bond donors (Lipinski definition) is 0. The lowest BCUT2D eigenvalue weighted by atomic mass is 10.2. The van der Waals surface area contributed by atoms with Gasteiger partial charge in [-0.3, -0.25) is 9.78 Å². The van der Waals surface area contributed by atoms with Crippen LogP contribution in [0.15, 0.2) is 48.8 Å². The molecule has 0 unspecified atom stereocenters. The lowest BCUT2D eigenvalue weighted by Gasteiger charge is -2.34. The molecule has 0 radical (unpaired) electrons. The van der Waals surface area contributed by atoms with E-state index in [2.05, 4.69) is 4.98 Å². The predicted octanol–water partition coefficient (Wildman–Crippen LogP) is 1.51. The van der Waals surface area contributed by atoms with E-state index in [1.165, 1.54) is 34.8 Å². The number of amides is 1. The average molecular weight is 363 g/mol. The molecule has 1 aliphatic rings. The molecular weight excluding hydrogens is 345 g/mol. The van der Waals surface area contributed by atoms with E-state index in [1.54, 1.807) is 23.2 Å². The zero-order chi connectivity index (χ0) is 17.9. The second-order valence-corrected chi connectivity index (χ2v) is 7.78. The van der Waals surface area contributed by atoms with Crippen LogP contribution in [0.25, 0.3) is 0 Å². The summed E-state index contributed by atoms with van der Waals surface area (Å²) >= 11 is 0. The Balaban J connectivity index is 1.61. The maximum Gasteiger partial charge on any atom is 0.255 e. The highest BCUT2D eigenvalue weighted by Crippen LogP contribution is 2.15. The minimum atomic E-state index is -3.50. The summed E-state index contributed by atoms with van der Waals surface area (Å²) in [6.45, 7) is 1.15. The Morgan fingerprint density at radius 3 is 2.36 bits per heavy atom. The van der Waals surface area contributed by atoms with Crippen molar-refractivity contribution in [1.29, 1.82) is 0 Å². The van der Waals surface area contributed by atoms with Gasteiger partial charge >= 0.3 is 0 Å². The van der Waals surface area contributed by atoms with Gasteiger partial charge in [0.15, 0.2) is 0 Å². The number of halogens is 1. The predicted molar refractivity (Wildman–Crippen MR) is 90.7 cm³/mol. The van der Waals surface area contributed by atoms with Gasteiger partial charge in [-0.15, -0.1) is 0 Å². The van der Waals surface area contributed by atoms with Crippen molar-refractivity contribution in [3.63, 3.8) is 0 Å². The molecule has 3 rings (SSSR count). The number of carbonyl (C=O) groups excluding carboxylic acids is 1. The molecule has 1 fully saturated rings. The number of piperazine rings is 1. The Morgan fingerprint density at radius 1 is 1.08 bits per heavy atom. The van der Waals surface area contributed by atoms with Gasteiger partial charge < -0.3 is 4.90 Å². The fourth-order valence-corrected chi connectivity index (χ4v) is 4.24. The number of hydrogen-bond acceptors (Lipinski definition) is 4. The van der Waals surface area contributed by atoms with Crippen LogP contribution in [0.5, 0.6) is 0 Å². The summed E-state index contributed by atoms with van der Waals surface area (Å²) < 4.78 is 39.3. The van der Waals surface area contributed by atoms with Crippen molar-refractivity contribution in [3.05, 3.63) is 65.7 Å². The van der Waals surface area contributed by atoms with Crippen LogP contribution in [-0.4, -0.2) is 54.7 Å². The Hall–Kier alpha value is -2.32. The van der Waals surface area contributed by atoms with E-state index < -0.39 is 15.8 Å². The fourth-order valence-electron chi connectivity index (χ4n) is 2.72. The Bertz CT molecular complexity index is 833. The van der Waals surface area contributed by atoms with Crippen LogP contribution < -0.4 is 0 Å². The molecule has 2 aromatic rings. The Kier molecular flexibility index (Phi) is 5.10. The molecular formula is C17H18FN3O3S. The third-order valence-electron chi connectivity index (χ3n) is 4.09. The van der Waals surface area contributed by atoms with Crippen molar-refractivity contribution in [2.24, 2.45) is 0 Å². The van der Waals surface area contributed by atoms with Crippen LogP contribution in [0.2, 0.25) is 0 Å². The van der Waals surface area contributed by atoms with E-state index in [0.717, 1.165) is 0 Å². The van der Waals surface area contributed by atoms with Gasteiger partial charge in [-0.1, -0.05) is 12.1 Å². The molecule has 0 bridgehead atoms. The molecule has 1 aromatic heterocycles. The van der Waals surface area contributed by atoms with Gasteiger partial charge in [-0.05, 0) is 29.8 Å². The van der Waals surface area contributed by atoms with Crippen molar-refractivity contribution in [3.8, 4) is 0 Å². The summed E-state index contributed by atoms with van der Waals surface area (Å²) in [6.07, 6.45) is 3.09. The van der Waals surface area contributed by atoms with Crippen LogP contribution in [0.3, 0.4) is 0 Å².